The van der Waals surface area contributed by atoms with E-state index in [9.17, 15) is 9.59 Å². The molecule has 6 nitrogen and oxygen atoms in total. The summed E-state index contributed by atoms with van der Waals surface area (Å²) in [5.41, 5.74) is 1.26. The van der Waals surface area contributed by atoms with E-state index >= 15 is 0 Å². The number of ether oxygens (including phenoxy) is 2. The largest absolute Gasteiger partial charge is 0.496 e. The van der Waals surface area contributed by atoms with Crippen LogP contribution in [-0.2, 0) is 11.2 Å². The second-order valence-corrected chi connectivity index (χ2v) is 6.41. The van der Waals surface area contributed by atoms with Crippen molar-refractivity contribution < 1.29 is 19.1 Å². The van der Waals surface area contributed by atoms with Gasteiger partial charge in [0.15, 0.2) is 5.78 Å². The standard InChI is InChI=1S/C21H28N2O4/c1-5-7-16-14-17(20(26-4)15-19(16)27-6-2)18(24)8-9-21(25)23-12-10-22(3)11-13-23/h5,8-9,14-15H,1,6-7,10-13H2,2-4H3. The molecule has 0 radical (unpaired) electrons. The molecule has 27 heavy (non-hydrogen) atoms. The third kappa shape index (κ3) is 5.44. The highest BCUT2D eigenvalue weighted by atomic mass is 16.5. The Hall–Kier alpha value is -2.60. The van der Waals surface area contributed by atoms with Gasteiger partial charge in [-0.1, -0.05) is 6.08 Å². The van der Waals surface area contributed by atoms with E-state index in [2.05, 4.69) is 11.5 Å². The highest BCUT2D eigenvalue weighted by Gasteiger charge is 2.19. The molecule has 0 N–H and O–H groups in total. The van der Waals surface area contributed by atoms with Gasteiger partial charge in [-0.2, -0.15) is 0 Å². The first-order valence-electron chi connectivity index (χ1n) is 9.14. The average molecular weight is 372 g/mol. The quantitative estimate of drug-likeness (QED) is 0.398. The summed E-state index contributed by atoms with van der Waals surface area (Å²) in [6.45, 7) is 9.18. The SMILES string of the molecule is C=CCc1cc(C(=O)C=CC(=O)N2CCN(C)CC2)c(OC)cc1OCC. The Bertz CT molecular complexity index is 719. The van der Waals surface area contributed by atoms with E-state index in [4.69, 9.17) is 9.47 Å². The molecule has 1 saturated heterocycles. The van der Waals surface area contributed by atoms with Gasteiger partial charge in [-0.25, -0.2) is 0 Å². The molecule has 0 atom stereocenters. The summed E-state index contributed by atoms with van der Waals surface area (Å²) in [6.07, 6.45) is 4.99. The number of rotatable bonds is 8. The fourth-order valence-corrected chi connectivity index (χ4v) is 2.94. The number of benzene rings is 1. The summed E-state index contributed by atoms with van der Waals surface area (Å²) in [5.74, 6) is 0.673. The number of ketones is 1. The van der Waals surface area contributed by atoms with Crippen LogP contribution in [-0.4, -0.2) is 68.4 Å². The van der Waals surface area contributed by atoms with Gasteiger partial charge in [0.05, 0.1) is 19.3 Å². The number of carbonyl (C=O) groups is 2. The highest BCUT2D eigenvalue weighted by molar-refractivity contribution is 6.09. The zero-order chi connectivity index (χ0) is 19.8. The molecular weight excluding hydrogens is 344 g/mol. The van der Waals surface area contributed by atoms with Crippen LogP contribution >= 0.6 is 0 Å². The Morgan fingerprint density at radius 2 is 1.85 bits per heavy atom. The Morgan fingerprint density at radius 1 is 1.15 bits per heavy atom. The molecular formula is C21H28N2O4. The average Bonchev–Trinajstić information content (AvgIpc) is 2.67. The summed E-state index contributed by atoms with van der Waals surface area (Å²) >= 11 is 0. The maximum Gasteiger partial charge on any atom is 0.246 e. The predicted octanol–water partition coefficient (Wildman–Crippen LogP) is 2.34. The van der Waals surface area contributed by atoms with Gasteiger partial charge >= 0.3 is 0 Å². The number of hydrogen-bond acceptors (Lipinski definition) is 5. The van der Waals surface area contributed by atoms with Crippen LogP contribution in [0.1, 0.15) is 22.8 Å². The van der Waals surface area contributed by atoms with Crippen LogP contribution in [0.3, 0.4) is 0 Å². The molecule has 1 amide bonds. The van der Waals surface area contributed by atoms with Crippen molar-refractivity contribution in [2.24, 2.45) is 0 Å². The van der Waals surface area contributed by atoms with E-state index in [1.54, 1.807) is 23.1 Å². The van der Waals surface area contributed by atoms with Crippen molar-refractivity contribution in [3.8, 4) is 11.5 Å². The molecule has 0 unspecified atom stereocenters. The highest BCUT2D eigenvalue weighted by Crippen LogP contribution is 2.30. The minimum Gasteiger partial charge on any atom is -0.496 e. The monoisotopic (exact) mass is 372 g/mol. The Balaban J connectivity index is 2.19. The van der Waals surface area contributed by atoms with Gasteiger partial charge in [0, 0.05) is 38.3 Å². The molecule has 0 bridgehead atoms. The molecule has 1 aromatic rings. The van der Waals surface area contributed by atoms with E-state index < -0.39 is 0 Å². The molecule has 146 valence electrons. The summed E-state index contributed by atoms with van der Waals surface area (Å²) in [5, 5.41) is 0. The summed E-state index contributed by atoms with van der Waals surface area (Å²) < 4.78 is 11.0. The number of methoxy groups -OCH3 is 1. The van der Waals surface area contributed by atoms with Crippen LogP contribution in [0.4, 0.5) is 0 Å². The van der Waals surface area contributed by atoms with E-state index in [-0.39, 0.29) is 11.7 Å². The van der Waals surface area contributed by atoms with Crippen molar-refractivity contribution in [2.45, 2.75) is 13.3 Å². The van der Waals surface area contributed by atoms with Crippen molar-refractivity contribution in [3.05, 3.63) is 48.1 Å². The third-order valence-corrected chi connectivity index (χ3v) is 4.50. The Morgan fingerprint density at radius 3 is 2.44 bits per heavy atom. The van der Waals surface area contributed by atoms with Crippen molar-refractivity contribution in [3.63, 3.8) is 0 Å². The third-order valence-electron chi connectivity index (χ3n) is 4.50. The Kier molecular flexibility index (Phi) is 7.61. The minimum absolute atomic E-state index is 0.146. The van der Waals surface area contributed by atoms with Crippen molar-refractivity contribution in [2.75, 3.05) is 46.9 Å². The normalized spacial score (nSPS) is 15.0. The first kappa shape index (κ1) is 20.7. The number of hydrogen-bond donors (Lipinski definition) is 0. The van der Waals surface area contributed by atoms with Gasteiger partial charge < -0.3 is 19.3 Å². The topological polar surface area (TPSA) is 59.1 Å². The summed E-state index contributed by atoms with van der Waals surface area (Å²) in [6, 6.07) is 3.46. The molecule has 6 heteroatoms. The van der Waals surface area contributed by atoms with Crippen molar-refractivity contribution in [1.82, 2.24) is 9.80 Å². The predicted molar refractivity (Wildman–Crippen MR) is 106 cm³/mol. The number of carbonyl (C=O) groups excluding carboxylic acids is 2. The van der Waals surface area contributed by atoms with Gasteiger partial charge in [0.25, 0.3) is 0 Å². The molecule has 0 aromatic heterocycles. The van der Waals surface area contributed by atoms with Crippen LogP contribution < -0.4 is 9.47 Å². The molecule has 0 spiro atoms. The molecule has 1 aliphatic rings. The maximum atomic E-state index is 12.7. The molecule has 1 aromatic carbocycles. The van der Waals surface area contributed by atoms with Crippen molar-refractivity contribution >= 4 is 11.7 Å². The second kappa shape index (κ2) is 9.92. The number of amides is 1. The fourth-order valence-electron chi connectivity index (χ4n) is 2.94. The number of piperazine rings is 1. The van der Waals surface area contributed by atoms with E-state index in [0.717, 1.165) is 18.7 Å². The summed E-state index contributed by atoms with van der Waals surface area (Å²) in [4.78, 5) is 28.9. The molecule has 2 rings (SSSR count). The molecule has 1 heterocycles. The van der Waals surface area contributed by atoms with Gasteiger partial charge in [0.2, 0.25) is 5.91 Å². The minimum atomic E-state index is -0.275. The number of nitrogens with zero attached hydrogens (tertiary/aromatic N) is 2. The molecule has 1 fully saturated rings. The zero-order valence-corrected chi connectivity index (χ0v) is 16.4. The van der Waals surface area contributed by atoms with Gasteiger partial charge in [-0.05, 0) is 38.1 Å². The maximum absolute atomic E-state index is 12.7. The van der Waals surface area contributed by atoms with Crippen molar-refractivity contribution in [1.29, 1.82) is 0 Å². The lowest BCUT2D eigenvalue weighted by atomic mass is 10.0. The van der Waals surface area contributed by atoms with E-state index in [1.165, 1.54) is 19.3 Å². The van der Waals surface area contributed by atoms with Crippen LogP contribution in [0.25, 0.3) is 0 Å². The smallest absolute Gasteiger partial charge is 0.246 e. The Labute approximate surface area is 161 Å². The zero-order valence-electron chi connectivity index (χ0n) is 16.4. The van der Waals surface area contributed by atoms with Crippen LogP contribution in [0, 0.1) is 0 Å². The van der Waals surface area contributed by atoms with Crippen LogP contribution in [0.5, 0.6) is 11.5 Å². The van der Waals surface area contributed by atoms with Gasteiger partial charge in [-0.3, -0.25) is 9.59 Å². The second-order valence-electron chi connectivity index (χ2n) is 6.41. The van der Waals surface area contributed by atoms with Gasteiger partial charge in [0.1, 0.15) is 11.5 Å². The molecule has 0 aliphatic carbocycles. The first-order valence-corrected chi connectivity index (χ1v) is 9.14. The van der Waals surface area contributed by atoms with E-state index in [1.807, 2.05) is 14.0 Å². The number of allylic oxidation sites excluding steroid dienone is 2. The summed E-state index contributed by atoms with van der Waals surface area (Å²) in [7, 11) is 3.54. The lowest BCUT2D eigenvalue weighted by Gasteiger charge is -2.31. The van der Waals surface area contributed by atoms with E-state index in [0.29, 0.717) is 43.2 Å². The van der Waals surface area contributed by atoms with Crippen LogP contribution in [0.2, 0.25) is 0 Å². The lowest BCUT2D eigenvalue weighted by Crippen LogP contribution is -2.46. The van der Waals surface area contributed by atoms with Crippen LogP contribution in [0.15, 0.2) is 36.9 Å². The van der Waals surface area contributed by atoms with Gasteiger partial charge in [-0.15, -0.1) is 6.58 Å². The molecule has 0 saturated carbocycles. The molecule has 1 aliphatic heterocycles. The lowest BCUT2D eigenvalue weighted by molar-refractivity contribution is -0.127. The first-order chi connectivity index (χ1) is 13.0. The fraction of sp³-hybridized carbons (Fsp3) is 0.429. The number of likely N-dealkylation sites (N-methyl/N-ethyl adjacent to an activating group) is 1.